The lowest BCUT2D eigenvalue weighted by Crippen LogP contribution is -2.50. The van der Waals surface area contributed by atoms with E-state index >= 15 is 0 Å². The van der Waals surface area contributed by atoms with E-state index in [1.165, 1.54) is 24.8 Å². The monoisotopic (exact) mass is 247 g/mol. The van der Waals surface area contributed by atoms with E-state index in [1.807, 2.05) is 0 Å². The molecule has 100 valence electrons. The third kappa shape index (κ3) is 2.93. The molecule has 1 aromatic rings. The van der Waals surface area contributed by atoms with Crippen molar-refractivity contribution in [2.75, 3.05) is 13.2 Å². The van der Waals surface area contributed by atoms with Crippen LogP contribution >= 0.6 is 0 Å². The second kappa shape index (κ2) is 6.35. The summed E-state index contributed by atoms with van der Waals surface area (Å²) in [6.07, 6.45) is 5.98. The van der Waals surface area contributed by atoms with Gasteiger partial charge in [0, 0.05) is 12.1 Å². The lowest BCUT2D eigenvalue weighted by Gasteiger charge is -2.41. The average Bonchev–Trinajstić information content (AvgIpc) is 2.63. The van der Waals surface area contributed by atoms with Crippen LogP contribution in [-0.2, 0) is 6.54 Å². The Labute approximate surface area is 111 Å². The van der Waals surface area contributed by atoms with Gasteiger partial charge in [0.05, 0.1) is 6.61 Å². The van der Waals surface area contributed by atoms with Crippen LogP contribution in [0.3, 0.4) is 0 Å². The van der Waals surface area contributed by atoms with E-state index in [9.17, 15) is 5.11 Å². The van der Waals surface area contributed by atoms with Crippen molar-refractivity contribution in [3.05, 3.63) is 35.9 Å². The van der Waals surface area contributed by atoms with Crippen molar-refractivity contribution in [2.24, 2.45) is 0 Å². The Kier molecular flexibility index (Phi) is 4.79. The van der Waals surface area contributed by atoms with Gasteiger partial charge in [0.1, 0.15) is 0 Å². The fourth-order valence-corrected chi connectivity index (χ4v) is 3.07. The van der Waals surface area contributed by atoms with Crippen molar-refractivity contribution in [1.82, 2.24) is 4.90 Å². The Morgan fingerprint density at radius 3 is 2.61 bits per heavy atom. The molecule has 0 radical (unpaired) electrons. The molecule has 2 rings (SSSR count). The standard InChI is InChI=1S/C16H25NO/c1-2-16(14-18)11-7-4-8-12-17(16)13-15-9-5-3-6-10-15/h3,5-6,9-10,18H,2,4,7-8,11-14H2,1H3. The van der Waals surface area contributed by atoms with Crippen LogP contribution < -0.4 is 0 Å². The summed E-state index contributed by atoms with van der Waals surface area (Å²) >= 11 is 0. The Morgan fingerprint density at radius 1 is 1.17 bits per heavy atom. The Hall–Kier alpha value is -0.860. The maximum atomic E-state index is 9.87. The molecule has 18 heavy (non-hydrogen) atoms. The fourth-order valence-electron chi connectivity index (χ4n) is 3.07. The summed E-state index contributed by atoms with van der Waals surface area (Å²) in [6, 6.07) is 10.6. The molecular weight excluding hydrogens is 222 g/mol. The molecule has 1 atom stereocenters. The Bertz CT molecular complexity index is 345. The molecule has 1 aliphatic rings. The highest BCUT2D eigenvalue weighted by atomic mass is 16.3. The molecule has 1 unspecified atom stereocenters. The summed E-state index contributed by atoms with van der Waals surface area (Å²) in [5.41, 5.74) is 1.36. The molecule has 0 bridgehead atoms. The van der Waals surface area contributed by atoms with E-state index in [0.29, 0.717) is 0 Å². The van der Waals surface area contributed by atoms with Gasteiger partial charge in [0.2, 0.25) is 0 Å². The SMILES string of the molecule is CCC1(CO)CCCCCN1Cc1ccccc1. The van der Waals surface area contributed by atoms with Crippen molar-refractivity contribution in [1.29, 1.82) is 0 Å². The molecule has 1 aromatic carbocycles. The molecule has 0 aliphatic carbocycles. The average molecular weight is 247 g/mol. The molecule has 2 nitrogen and oxygen atoms in total. The summed E-state index contributed by atoms with van der Waals surface area (Å²) in [7, 11) is 0. The topological polar surface area (TPSA) is 23.5 Å². The van der Waals surface area contributed by atoms with E-state index < -0.39 is 0 Å². The zero-order chi connectivity index (χ0) is 12.8. The zero-order valence-corrected chi connectivity index (χ0v) is 11.4. The van der Waals surface area contributed by atoms with Crippen molar-refractivity contribution in [3.63, 3.8) is 0 Å². The molecule has 1 heterocycles. The molecule has 0 amide bonds. The number of aliphatic hydroxyl groups excluding tert-OH is 1. The first-order valence-electron chi connectivity index (χ1n) is 7.20. The second-order valence-corrected chi connectivity index (χ2v) is 5.45. The molecule has 1 aliphatic heterocycles. The van der Waals surface area contributed by atoms with E-state index in [4.69, 9.17) is 0 Å². The van der Waals surface area contributed by atoms with Crippen LogP contribution in [0.15, 0.2) is 30.3 Å². The van der Waals surface area contributed by atoms with Crippen LogP contribution in [0, 0.1) is 0 Å². The van der Waals surface area contributed by atoms with Gasteiger partial charge >= 0.3 is 0 Å². The van der Waals surface area contributed by atoms with Gasteiger partial charge in [-0.2, -0.15) is 0 Å². The summed E-state index contributed by atoms with van der Waals surface area (Å²) in [5.74, 6) is 0. The van der Waals surface area contributed by atoms with Gasteiger partial charge in [-0.05, 0) is 31.4 Å². The predicted octanol–water partition coefficient (Wildman–Crippen LogP) is 3.20. The number of hydrogen-bond acceptors (Lipinski definition) is 2. The van der Waals surface area contributed by atoms with Crippen LogP contribution in [0.25, 0.3) is 0 Å². The number of nitrogens with zero attached hydrogens (tertiary/aromatic N) is 1. The first-order valence-corrected chi connectivity index (χ1v) is 7.20. The number of benzene rings is 1. The maximum Gasteiger partial charge on any atom is 0.0615 e. The second-order valence-electron chi connectivity index (χ2n) is 5.45. The van der Waals surface area contributed by atoms with Crippen LogP contribution in [0.5, 0.6) is 0 Å². The molecule has 0 aromatic heterocycles. The van der Waals surface area contributed by atoms with Crippen LogP contribution in [0.4, 0.5) is 0 Å². The van der Waals surface area contributed by atoms with Gasteiger partial charge in [-0.1, -0.05) is 50.1 Å². The third-order valence-electron chi connectivity index (χ3n) is 4.41. The summed E-state index contributed by atoms with van der Waals surface area (Å²) in [6.45, 7) is 4.58. The maximum absolute atomic E-state index is 9.87. The predicted molar refractivity (Wildman–Crippen MR) is 75.4 cm³/mol. The Morgan fingerprint density at radius 2 is 1.94 bits per heavy atom. The third-order valence-corrected chi connectivity index (χ3v) is 4.41. The number of aliphatic hydroxyl groups is 1. The van der Waals surface area contributed by atoms with Gasteiger partial charge in [-0.15, -0.1) is 0 Å². The summed E-state index contributed by atoms with van der Waals surface area (Å²) < 4.78 is 0. The largest absolute Gasteiger partial charge is 0.394 e. The molecule has 0 spiro atoms. The highest BCUT2D eigenvalue weighted by Crippen LogP contribution is 2.31. The fraction of sp³-hybridized carbons (Fsp3) is 0.625. The number of rotatable bonds is 4. The minimum Gasteiger partial charge on any atom is -0.394 e. The first kappa shape index (κ1) is 13.6. The molecule has 0 saturated carbocycles. The molecule has 1 fully saturated rings. The van der Waals surface area contributed by atoms with Crippen molar-refractivity contribution < 1.29 is 5.11 Å². The van der Waals surface area contributed by atoms with E-state index in [-0.39, 0.29) is 12.1 Å². The van der Waals surface area contributed by atoms with E-state index in [1.54, 1.807) is 0 Å². The first-order chi connectivity index (χ1) is 8.80. The van der Waals surface area contributed by atoms with Crippen molar-refractivity contribution >= 4 is 0 Å². The summed E-state index contributed by atoms with van der Waals surface area (Å²) in [4.78, 5) is 2.51. The van der Waals surface area contributed by atoms with Crippen LogP contribution in [-0.4, -0.2) is 28.7 Å². The molecular formula is C16H25NO. The molecule has 1 saturated heterocycles. The number of hydrogen-bond donors (Lipinski definition) is 1. The highest BCUT2D eigenvalue weighted by Gasteiger charge is 2.35. The van der Waals surface area contributed by atoms with Gasteiger partial charge < -0.3 is 5.11 Å². The lowest BCUT2D eigenvalue weighted by molar-refractivity contribution is 0.0198. The quantitative estimate of drug-likeness (QED) is 0.883. The number of likely N-dealkylation sites (tertiary alicyclic amines) is 1. The minimum atomic E-state index is 0.00629. The normalized spacial score (nSPS) is 25.9. The van der Waals surface area contributed by atoms with E-state index in [2.05, 4.69) is 42.2 Å². The van der Waals surface area contributed by atoms with E-state index in [0.717, 1.165) is 25.9 Å². The zero-order valence-electron chi connectivity index (χ0n) is 11.4. The van der Waals surface area contributed by atoms with Crippen molar-refractivity contribution in [3.8, 4) is 0 Å². The highest BCUT2D eigenvalue weighted by molar-refractivity contribution is 5.15. The van der Waals surface area contributed by atoms with Gasteiger partial charge in [0.25, 0.3) is 0 Å². The smallest absolute Gasteiger partial charge is 0.0615 e. The van der Waals surface area contributed by atoms with Gasteiger partial charge in [0.15, 0.2) is 0 Å². The molecule has 2 heteroatoms. The van der Waals surface area contributed by atoms with Crippen LogP contribution in [0.2, 0.25) is 0 Å². The lowest BCUT2D eigenvalue weighted by atomic mass is 9.89. The van der Waals surface area contributed by atoms with Crippen molar-refractivity contribution in [2.45, 2.75) is 51.1 Å². The minimum absolute atomic E-state index is 0.00629. The van der Waals surface area contributed by atoms with Gasteiger partial charge in [-0.3, -0.25) is 4.90 Å². The molecule has 1 N–H and O–H groups in total. The van der Waals surface area contributed by atoms with Crippen LogP contribution in [0.1, 0.15) is 44.6 Å². The Balaban J connectivity index is 2.15. The summed E-state index contributed by atoms with van der Waals surface area (Å²) in [5, 5.41) is 9.87. The van der Waals surface area contributed by atoms with Gasteiger partial charge in [-0.25, -0.2) is 0 Å².